The molecule has 0 aliphatic rings. The molecule has 0 fully saturated rings. The van der Waals surface area contributed by atoms with Crippen molar-refractivity contribution in [3.63, 3.8) is 0 Å². The van der Waals surface area contributed by atoms with Gasteiger partial charge in [-0.05, 0) is 101 Å². The van der Waals surface area contributed by atoms with Crippen LogP contribution in [-0.4, -0.2) is 44.7 Å². The lowest BCUT2D eigenvalue weighted by atomic mass is 10.1. The van der Waals surface area contributed by atoms with Gasteiger partial charge in [0.05, 0.1) is 18.4 Å². The zero-order chi connectivity index (χ0) is 31.5. The van der Waals surface area contributed by atoms with Crippen molar-refractivity contribution >= 4 is 58.4 Å². The van der Waals surface area contributed by atoms with Crippen LogP contribution >= 0.6 is 22.6 Å². The fraction of sp³-hybridized carbons (Fsp3) is 0.118. The summed E-state index contributed by atoms with van der Waals surface area (Å²) in [5.41, 5.74) is 5.64. The third-order valence-electron chi connectivity index (χ3n) is 6.19. The van der Waals surface area contributed by atoms with E-state index in [4.69, 9.17) is 9.47 Å². The van der Waals surface area contributed by atoms with Gasteiger partial charge in [-0.15, -0.1) is 0 Å². The van der Waals surface area contributed by atoms with Crippen LogP contribution in [0, 0.1) is 3.57 Å². The number of benzene rings is 4. The van der Waals surface area contributed by atoms with E-state index in [0.29, 0.717) is 29.0 Å². The van der Waals surface area contributed by atoms with Gasteiger partial charge in [0, 0.05) is 28.9 Å². The van der Waals surface area contributed by atoms with Crippen LogP contribution in [0.1, 0.15) is 38.8 Å². The number of carbonyl (C=O) groups is 3. The fourth-order valence-electron chi connectivity index (χ4n) is 3.94. The van der Waals surface area contributed by atoms with Crippen molar-refractivity contribution in [2.75, 3.05) is 25.6 Å². The van der Waals surface area contributed by atoms with Gasteiger partial charge in [0.2, 0.25) is 0 Å². The van der Waals surface area contributed by atoms with Crippen LogP contribution in [0.2, 0.25) is 0 Å². The van der Waals surface area contributed by atoms with E-state index in [2.05, 4.69) is 38.4 Å². The molecule has 0 bridgehead atoms. The van der Waals surface area contributed by atoms with Gasteiger partial charge in [-0.25, -0.2) is 10.2 Å². The zero-order valence-electron chi connectivity index (χ0n) is 24.4. The minimum atomic E-state index is -0.615. The van der Waals surface area contributed by atoms with E-state index in [0.717, 1.165) is 14.8 Å². The smallest absolute Gasteiger partial charge is 0.344 e. The van der Waals surface area contributed by atoms with E-state index >= 15 is 0 Å². The van der Waals surface area contributed by atoms with Crippen molar-refractivity contribution < 1.29 is 23.9 Å². The lowest BCUT2D eigenvalue weighted by Crippen LogP contribution is -2.32. The predicted molar refractivity (Wildman–Crippen MR) is 180 cm³/mol. The molecule has 0 aliphatic heterocycles. The van der Waals surface area contributed by atoms with E-state index < -0.39 is 17.8 Å². The molecule has 0 aliphatic carbocycles. The number of hydrogen-bond donors (Lipinski definition) is 2. The summed E-state index contributed by atoms with van der Waals surface area (Å²) in [6.07, 6.45) is 3.00. The van der Waals surface area contributed by atoms with E-state index in [1.807, 2.05) is 62.3 Å². The Kier molecular flexibility index (Phi) is 11.2. The number of ether oxygens (including phenoxy) is 2. The summed E-state index contributed by atoms with van der Waals surface area (Å²) in [6.45, 7) is 2.16. The van der Waals surface area contributed by atoms with Gasteiger partial charge in [0.15, 0.2) is 11.5 Å². The van der Waals surface area contributed by atoms with Gasteiger partial charge in [-0.2, -0.15) is 5.10 Å². The number of carbonyl (C=O) groups excluding carboxylic acids is 3. The number of nitrogens with one attached hydrogen (secondary N) is 2. The van der Waals surface area contributed by atoms with E-state index in [-0.39, 0.29) is 11.4 Å². The average molecular weight is 703 g/mol. The van der Waals surface area contributed by atoms with Crippen molar-refractivity contribution in [3.8, 4) is 11.5 Å². The molecule has 0 radical (unpaired) electrons. The Bertz CT molecular complexity index is 1690. The van der Waals surface area contributed by atoms with E-state index in [9.17, 15) is 14.4 Å². The highest BCUT2D eigenvalue weighted by Crippen LogP contribution is 2.29. The monoisotopic (exact) mass is 702 g/mol. The summed E-state index contributed by atoms with van der Waals surface area (Å²) in [7, 11) is 3.87. The average Bonchev–Trinajstić information content (AvgIpc) is 3.02. The first kappa shape index (κ1) is 32.0. The Morgan fingerprint density at radius 2 is 1.55 bits per heavy atom. The number of halogens is 1. The van der Waals surface area contributed by atoms with Crippen molar-refractivity contribution in [2.45, 2.75) is 6.92 Å². The van der Waals surface area contributed by atoms with Crippen LogP contribution in [-0.2, 0) is 4.79 Å². The number of hydrogen-bond acceptors (Lipinski definition) is 7. The van der Waals surface area contributed by atoms with E-state index in [1.54, 1.807) is 66.7 Å². The van der Waals surface area contributed by atoms with Crippen LogP contribution in [0.3, 0.4) is 0 Å². The highest BCUT2D eigenvalue weighted by Gasteiger charge is 2.16. The highest BCUT2D eigenvalue weighted by atomic mass is 127. The van der Waals surface area contributed by atoms with Gasteiger partial charge in [-0.3, -0.25) is 9.59 Å². The SMILES string of the molecule is CCOc1cc(/C=N/NC(=O)/C(=C/c2ccc(N(C)C)cc2)NC(=O)c2ccccc2)ccc1OC(=O)c1ccccc1I. The van der Waals surface area contributed by atoms with Crippen LogP contribution in [0.15, 0.2) is 108 Å². The Balaban J connectivity index is 1.51. The first-order valence-electron chi connectivity index (χ1n) is 13.7. The normalized spacial score (nSPS) is 11.1. The Hall–Kier alpha value is -4.97. The number of anilines is 1. The zero-order valence-corrected chi connectivity index (χ0v) is 26.6. The first-order valence-corrected chi connectivity index (χ1v) is 14.8. The molecular formula is C34H31IN4O5. The maximum absolute atomic E-state index is 13.2. The number of rotatable bonds is 11. The van der Waals surface area contributed by atoms with E-state index in [1.165, 1.54) is 6.21 Å². The molecule has 0 heterocycles. The summed E-state index contributed by atoms with van der Waals surface area (Å²) < 4.78 is 12.1. The second-order valence-electron chi connectivity index (χ2n) is 9.57. The number of nitrogens with zero attached hydrogens (tertiary/aromatic N) is 2. The summed E-state index contributed by atoms with van der Waals surface area (Å²) in [6, 6.07) is 28.2. The molecule has 0 saturated heterocycles. The molecule has 4 rings (SSSR count). The molecule has 0 unspecified atom stereocenters. The third kappa shape index (κ3) is 8.77. The largest absolute Gasteiger partial charge is 0.490 e. The second kappa shape index (κ2) is 15.5. The Morgan fingerprint density at radius 1 is 0.864 bits per heavy atom. The Labute approximate surface area is 269 Å². The number of esters is 1. The fourth-order valence-corrected chi connectivity index (χ4v) is 4.55. The third-order valence-corrected chi connectivity index (χ3v) is 7.13. The van der Waals surface area contributed by atoms with Gasteiger partial charge >= 0.3 is 5.97 Å². The molecule has 0 atom stereocenters. The van der Waals surface area contributed by atoms with Gasteiger partial charge in [0.1, 0.15) is 5.70 Å². The molecule has 0 saturated carbocycles. The van der Waals surface area contributed by atoms with Crippen molar-refractivity contribution in [2.24, 2.45) is 5.10 Å². The molecule has 224 valence electrons. The minimum absolute atomic E-state index is 0.0152. The van der Waals surface area contributed by atoms with Crippen LogP contribution in [0.5, 0.6) is 11.5 Å². The lowest BCUT2D eigenvalue weighted by molar-refractivity contribution is -0.117. The van der Waals surface area contributed by atoms with Crippen molar-refractivity contribution in [3.05, 3.63) is 129 Å². The summed E-state index contributed by atoms with van der Waals surface area (Å²) in [4.78, 5) is 40.8. The summed E-state index contributed by atoms with van der Waals surface area (Å²) >= 11 is 2.08. The van der Waals surface area contributed by atoms with Crippen LogP contribution < -0.4 is 25.1 Å². The molecule has 9 nitrogen and oxygen atoms in total. The maximum atomic E-state index is 13.2. The van der Waals surface area contributed by atoms with Crippen LogP contribution in [0.4, 0.5) is 5.69 Å². The quantitative estimate of drug-likeness (QED) is 0.0504. The molecule has 4 aromatic carbocycles. The standard InChI is InChI=1S/C34H31IN4O5/c1-4-43-31-21-24(16-19-30(31)44-34(42)27-12-8-9-13-28(27)35)22-36-38-33(41)29(37-32(40)25-10-6-5-7-11-25)20-23-14-17-26(18-15-23)39(2)3/h5-22H,4H2,1-3H3,(H,37,40)(H,38,41)/b29-20-,36-22+. The van der Waals surface area contributed by atoms with Crippen molar-refractivity contribution in [1.82, 2.24) is 10.7 Å². The van der Waals surface area contributed by atoms with Gasteiger partial charge in [-0.1, -0.05) is 42.5 Å². The molecular weight excluding hydrogens is 671 g/mol. The number of hydrazone groups is 1. The molecule has 2 amide bonds. The van der Waals surface area contributed by atoms with Gasteiger partial charge in [0.25, 0.3) is 11.8 Å². The van der Waals surface area contributed by atoms with Crippen LogP contribution in [0.25, 0.3) is 6.08 Å². The molecule has 2 N–H and O–H groups in total. The highest BCUT2D eigenvalue weighted by molar-refractivity contribution is 14.1. The summed E-state index contributed by atoms with van der Waals surface area (Å²) in [5, 5.41) is 6.78. The Morgan fingerprint density at radius 3 is 2.23 bits per heavy atom. The number of amides is 2. The second-order valence-corrected chi connectivity index (χ2v) is 10.7. The molecule has 0 spiro atoms. The first-order chi connectivity index (χ1) is 21.2. The predicted octanol–water partition coefficient (Wildman–Crippen LogP) is 5.90. The topological polar surface area (TPSA) is 109 Å². The molecule has 44 heavy (non-hydrogen) atoms. The lowest BCUT2D eigenvalue weighted by Gasteiger charge is -2.13. The van der Waals surface area contributed by atoms with Crippen molar-refractivity contribution in [1.29, 1.82) is 0 Å². The summed E-state index contributed by atoms with van der Waals surface area (Å²) in [5.74, 6) is -0.948. The molecule has 10 heteroatoms. The molecule has 4 aromatic rings. The molecule has 0 aromatic heterocycles. The minimum Gasteiger partial charge on any atom is -0.490 e. The van der Waals surface area contributed by atoms with Gasteiger partial charge < -0.3 is 19.7 Å². The maximum Gasteiger partial charge on any atom is 0.344 e.